The lowest BCUT2D eigenvalue weighted by Gasteiger charge is -2.21. The second kappa shape index (κ2) is 20.1. The average molecular weight is 685 g/mol. The summed E-state index contributed by atoms with van der Waals surface area (Å²) in [6, 6.07) is 8.55. The quantitative estimate of drug-likeness (QED) is 0.113. The highest BCUT2D eigenvalue weighted by atomic mass is 16.5. The summed E-state index contributed by atoms with van der Waals surface area (Å²) in [5.74, 6) is -1.81. The molecule has 0 bridgehead atoms. The number of primary amides is 1. The second-order valence-electron chi connectivity index (χ2n) is 12.4. The minimum absolute atomic E-state index is 0.0628. The molecule has 1 aromatic heterocycles. The Kier molecular flexibility index (Phi) is 15.9. The first-order valence-corrected chi connectivity index (χ1v) is 16.2. The van der Waals surface area contributed by atoms with Gasteiger partial charge in [-0.1, -0.05) is 26.8 Å². The van der Waals surface area contributed by atoms with E-state index in [1.165, 1.54) is 18.3 Å². The van der Waals surface area contributed by atoms with Gasteiger partial charge in [0, 0.05) is 44.1 Å². The number of hydrazine groups is 1. The summed E-state index contributed by atoms with van der Waals surface area (Å²) >= 11 is 0. The molecule has 0 saturated heterocycles. The van der Waals surface area contributed by atoms with Gasteiger partial charge in [-0.2, -0.15) is 0 Å². The molecule has 1 atom stereocenters. The van der Waals surface area contributed by atoms with Crippen LogP contribution in [0, 0.1) is 5.41 Å². The summed E-state index contributed by atoms with van der Waals surface area (Å²) in [5.41, 5.74) is 9.39. The van der Waals surface area contributed by atoms with Gasteiger partial charge in [-0.15, -0.1) is 0 Å². The van der Waals surface area contributed by atoms with Crippen molar-refractivity contribution in [3.8, 4) is 11.6 Å². The number of ether oxygens (including phenoxy) is 4. The Morgan fingerprint density at radius 2 is 1.69 bits per heavy atom. The van der Waals surface area contributed by atoms with Gasteiger partial charge < -0.3 is 45.4 Å². The number of nitrogens with zero attached hydrogens (tertiary/aromatic N) is 2. The van der Waals surface area contributed by atoms with Crippen LogP contribution < -0.4 is 26.5 Å². The number of carboxylic acid groups (broad SMARTS) is 1. The zero-order valence-electron chi connectivity index (χ0n) is 28.4. The highest BCUT2D eigenvalue weighted by molar-refractivity contribution is 5.96. The summed E-state index contributed by atoms with van der Waals surface area (Å²) < 4.78 is 22.3. The molecule has 0 fully saturated rings. The Labute approximate surface area is 286 Å². The zero-order valence-corrected chi connectivity index (χ0v) is 28.4. The van der Waals surface area contributed by atoms with Crippen molar-refractivity contribution in [1.82, 2.24) is 26.1 Å². The zero-order chi connectivity index (χ0) is 35.6. The first-order valence-electron chi connectivity index (χ1n) is 16.2. The van der Waals surface area contributed by atoms with Crippen LogP contribution >= 0.6 is 0 Å². The first kappa shape index (κ1) is 38.9. The van der Waals surface area contributed by atoms with Crippen LogP contribution in [0.5, 0.6) is 11.6 Å². The number of carbonyl (C=O) groups is 4. The Hall–Kier alpha value is -4.57. The molecule has 0 aliphatic carbocycles. The summed E-state index contributed by atoms with van der Waals surface area (Å²) in [6.07, 6.45) is 4.74. The van der Waals surface area contributed by atoms with Gasteiger partial charge in [0.25, 0.3) is 17.7 Å². The van der Waals surface area contributed by atoms with Crippen LogP contribution in [0.15, 0.2) is 54.4 Å². The maximum Gasteiger partial charge on any atom is 0.326 e. The third-order valence-corrected chi connectivity index (χ3v) is 7.17. The molecule has 1 aliphatic rings. The number of benzene rings is 1. The molecule has 3 rings (SSSR count). The van der Waals surface area contributed by atoms with E-state index in [2.05, 4.69) is 21.0 Å². The highest BCUT2D eigenvalue weighted by Crippen LogP contribution is 2.23. The van der Waals surface area contributed by atoms with Crippen LogP contribution in [-0.2, 0) is 23.8 Å². The number of amides is 3. The summed E-state index contributed by atoms with van der Waals surface area (Å²) in [4.78, 5) is 52.3. The maximum atomic E-state index is 12.6. The van der Waals surface area contributed by atoms with E-state index < -0.39 is 23.8 Å². The molecule has 15 heteroatoms. The lowest BCUT2D eigenvalue weighted by molar-refractivity contribution is -0.139. The second-order valence-corrected chi connectivity index (χ2v) is 12.4. The third kappa shape index (κ3) is 14.6. The van der Waals surface area contributed by atoms with Crippen molar-refractivity contribution < 1.29 is 43.2 Å². The molecular formula is C34H48N6O9. The van der Waals surface area contributed by atoms with Crippen LogP contribution in [0.1, 0.15) is 60.7 Å². The van der Waals surface area contributed by atoms with Gasteiger partial charge in [0.1, 0.15) is 17.5 Å². The normalized spacial score (nSPS) is 13.4. The molecule has 0 saturated carbocycles. The number of aliphatic carboxylic acids is 1. The summed E-state index contributed by atoms with van der Waals surface area (Å²) in [5, 5.41) is 16.6. The van der Waals surface area contributed by atoms with Crippen LogP contribution in [0.25, 0.3) is 0 Å². The van der Waals surface area contributed by atoms with E-state index in [1.54, 1.807) is 35.4 Å². The van der Waals surface area contributed by atoms with Gasteiger partial charge in [0.2, 0.25) is 5.88 Å². The van der Waals surface area contributed by atoms with Crippen molar-refractivity contribution in [2.24, 2.45) is 11.1 Å². The molecule has 2 heterocycles. The van der Waals surface area contributed by atoms with E-state index >= 15 is 0 Å². The largest absolute Gasteiger partial charge is 0.480 e. The Morgan fingerprint density at radius 1 is 0.980 bits per heavy atom. The van der Waals surface area contributed by atoms with Crippen molar-refractivity contribution in [3.63, 3.8) is 0 Å². The van der Waals surface area contributed by atoms with E-state index in [9.17, 15) is 24.3 Å². The van der Waals surface area contributed by atoms with Crippen molar-refractivity contribution in [2.75, 3.05) is 59.3 Å². The topological polar surface area (TPSA) is 204 Å². The molecule has 0 radical (unpaired) electrons. The number of rotatable bonds is 22. The maximum absolute atomic E-state index is 12.6. The van der Waals surface area contributed by atoms with E-state index in [0.717, 1.165) is 6.42 Å². The van der Waals surface area contributed by atoms with E-state index in [1.807, 2.05) is 20.8 Å². The van der Waals surface area contributed by atoms with Gasteiger partial charge >= 0.3 is 5.97 Å². The molecule has 268 valence electrons. The Bertz CT molecular complexity index is 1410. The van der Waals surface area contributed by atoms with Gasteiger partial charge in [-0.05, 0) is 55.0 Å². The number of hydrogen-bond acceptors (Lipinski definition) is 11. The molecule has 6 N–H and O–H groups in total. The van der Waals surface area contributed by atoms with Crippen molar-refractivity contribution in [2.45, 2.75) is 46.1 Å². The predicted molar refractivity (Wildman–Crippen MR) is 180 cm³/mol. The molecule has 15 nitrogen and oxygen atoms in total. The number of carbonyl (C=O) groups excluding carboxylic acids is 3. The molecule has 1 aliphatic heterocycles. The molecule has 1 aromatic carbocycles. The third-order valence-electron chi connectivity index (χ3n) is 7.17. The van der Waals surface area contributed by atoms with Gasteiger partial charge in [-0.3, -0.25) is 14.4 Å². The van der Waals surface area contributed by atoms with E-state index in [-0.39, 0.29) is 22.8 Å². The molecule has 3 amide bonds. The number of nitrogens with two attached hydrogens (primary N) is 1. The van der Waals surface area contributed by atoms with Crippen LogP contribution in [0.2, 0.25) is 0 Å². The smallest absolute Gasteiger partial charge is 0.326 e. The highest BCUT2D eigenvalue weighted by Gasteiger charge is 2.23. The van der Waals surface area contributed by atoms with Crippen LogP contribution in [-0.4, -0.2) is 104 Å². The van der Waals surface area contributed by atoms with Gasteiger partial charge in [-0.25, -0.2) is 15.2 Å². The minimum Gasteiger partial charge on any atom is -0.480 e. The fourth-order valence-corrected chi connectivity index (χ4v) is 4.56. The number of nitrogens with one attached hydrogen (secondary N) is 3. The Morgan fingerprint density at radius 3 is 2.35 bits per heavy atom. The van der Waals surface area contributed by atoms with Crippen molar-refractivity contribution >= 4 is 23.7 Å². The number of carboxylic acids is 1. The number of aromatic nitrogens is 1. The van der Waals surface area contributed by atoms with Gasteiger partial charge in [0.05, 0.1) is 38.6 Å². The average Bonchev–Trinajstić information content (AvgIpc) is 3.54. The SMILES string of the molecule is CC(C)(C)CC[C@H](NC(=O)c1ccc(Oc2cccc(C(=O)NCCOCCOCCOCCCN3NCC=C3C(N)=O)c2)nc1)C(=O)O. The van der Waals surface area contributed by atoms with E-state index in [4.69, 9.17) is 24.7 Å². The summed E-state index contributed by atoms with van der Waals surface area (Å²) in [7, 11) is 0. The summed E-state index contributed by atoms with van der Waals surface area (Å²) in [6.45, 7) is 9.99. The first-order chi connectivity index (χ1) is 23.4. The molecule has 0 spiro atoms. The van der Waals surface area contributed by atoms with Crippen LogP contribution in [0.4, 0.5) is 0 Å². The Balaban J connectivity index is 1.27. The fourth-order valence-electron chi connectivity index (χ4n) is 4.56. The molecule has 49 heavy (non-hydrogen) atoms. The predicted octanol–water partition coefficient (Wildman–Crippen LogP) is 2.24. The minimum atomic E-state index is -1.09. The number of hydrogen-bond donors (Lipinski definition) is 5. The number of pyridine rings is 1. The standard InChI is InChI=1S/C34H48N6O9/c1-34(2,3)12-10-27(33(44)45)39-32(43)25-8-9-29(37-23-25)49-26-7-4-6-24(22-26)31(42)36-14-17-47-19-21-48-20-18-46-16-5-15-40-28(30(35)41)11-13-38-40/h4,6-9,11,22-23,27,38H,5,10,12-21H2,1-3H3,(H2,35,41)(H,36,42)(H,39,43)(H,44,45)/t27-/m0/s1. The monoisotopic (exact) mass is 684 g/mol. The van der Waals surface area contributed by atoms with Crippen molar-refractivity contribution in [3.05, 3.63) is 65.5 Å². The molecule has 2 aromatic rings. The lowest BCUT2D eigenvalue weighted by atomic mass is 9.88. The lowest BCUT2D eigenvalue weighted by Crippen LogP contribution is -2.41. The molecular weight excluding hydrogens is 636 g/mol. The van der Waals surface area contributed by atoms with Crippen molar-refractivity contribution in [1.29, 1.82) is 0 Å². The van der Waals surface area contributed by atoms with Gasteiger partial charge in [0.15, 0.2) is 0 Å². The van der Waals surface area contributed by atoms with Crippen LogP contribution in [0.3, 0.4) is 0 Å². The molecule has 0 unspecified atom stereocenters. The fraction of sp³-hybridized carbons (Fsp3) is 0.500. The van der Waals surface area contributed by atoms with E-state index in [0.29, 0.717) is 89.1 Å².